The average Bonchev–Trinajstić information content (AvgIpc) is 2.77. The van der Waals surface area contributed by atoms with Crippen molar-refractivity contribution in [3.05, 3.63) is 29.6 Å². The molecule has 1 fully saturated rings. The third kappa shape index (κ3) is 1.83. The SMILES string of the molecule is CCc1cccc2nc(C3CCCCN3)n(C)c12. The van der Waals surface area contributed by atoms with Crippen LogP contribution in [0.3, 0.4) is 0 Å². The van der Waals surface area contributed by atoms with E-state index >= 15 is 0 Å². The van der Waals surface area contributed by atoms with Gasteiger partial charge in [0.05, 0.1) is 17.1 Å². The number of fused-ring (bicyclic) bond motifs is 1. The van der Waals surface area contributed by atoms with Gasteiger partial charge in [-0.2, -0.15) is 0 Å². The fraction of sp³-hybridized carbons (Fsp3) is 0.533. The first-order valence-electron chi connectivity index (χ1n) is 6.99. The van der Waals surface area contributed by atoms with E-state index in [1.165, 1.54) is 36.2 Å². The van der Waals surface area contributed by atoms with E-state index in [0.717, 1.165) is 18.5 Å². The Hall–Kier alpha value is -1.35. The number of para-hydroxylation sites is 1. The molecule has 1 aromatic heterocycles. The molecule has 0 radical (unpaired) electrons. The van der Waals surface area contributed by atoms with E-state index in [2.05, 4.69) is 42.1 Å². The number of piperidine rings is 1. The Balaban J connectivity index is 2.10. The lowest BCUT2D eigenvalue weighted by Crippen LogP contribution is -2.28. The van der Waals surface area contributed by atoms with Gasteiger partial charge in [-0.25, -0.2) is 4.98 Å². The molecular weight excluding hydrogens is 222 g/mol. The van der Waals surface area contributed by atoms with Gasteiger partial charge in [-0.1, -0.05) is 25.5 Å². The van der Waals surface area contributed by atoms with Gasteiger partial charge in [-0.05, 0) is 37.4 Å². The molecule has 3 rings (SSSR count). The molecule has 18 heavy (non-hydrogen) atoms. The summed E-state index contributed by atoms with van der Waals surface area (Å²) in [6.45, 7) is 3.33. The highest BCUT2D eigenvalue weighted by atomic mass is 15.1. The molecule has 1 unspecified atom stereocenters. The summed E-state index contributed by atoms with van der Waals surface area (Å²) >= 11 is 0. The summed E-state index contributed by atoms with van der Waals surface area (Å²) in [5, 5.41) is 3.59. The van der Waals surface area contributed by atoms with Crippen LogP contribution in [0.15, 0.2) is 18.2 Å². The van der Waals surface area contributed by atoms with Crippen LogP contribution in [0.2, 0.25) is 0 Å². The topological polar surface area (TPSA) is 29.9 Å². The van der Waals surface area contributed by atoms with Gasteiger partial charge < -0.3 is 9.88 Å². The molecule has 0 aliphatic carbocycles. The second-order valence-electron chi connectivity index (χ2n) is 5.17. The predicted octanol–water partition coefficient (Wildman–Crippen LogP) is 2.95. The first-order chi connectivity index (χ1) is 8.81. The van der Waals surface area contributed by atoms with Crippen molar-refractivity contribution in [1.29, 1.82) is 0 Å². The van der Waals surface area contributed by atoms with Gasteiger partial charge >= 0.3 is 0 Å². The molecule has 1 aromatic carbocycles. The van der Waals surface area contributed by atoms with E-state index in [-0.39, 0.29) is 0 Å². The van der Waals surface area contributed by atoms with Gasteiger partial charge in [0.15, 0.2) is 0 Å². The summed E-state index contributed by atoms with van der Waals surface area (Å²) in [6.07, 6.45) is 4.87. The van der Waals surface area contributed by atoms with Crippen LogP contribution in [0, 0.1) is 0 Å². The third-order valence-corrected chi connectivity index (χ3v) is 4.02. The minimum absolute atomic E-state index is 0.431. The molecule has 96 valence electrons. The summed E-state index contributed by atoms with van der Waals surface area (Å²) in [6, 6.07) is 6.88. The number of aromatic nitrogens is 2. The van der Waals surface area contributed by atoms with Crippen molar-refractivity contribution >= 4 is 11.0 Å². The second kappa shape index (κ2) is 4.73. The van der Waals surface area contributed by atoms with Gasteiger partial charge in [-0.15, -0.1) is 0 Å². The molecule has 1 aliphatic rings. The smallest absolute Gasteiger partial charge is 0.126 e. The fourth-order valence-electron chi connectivity index (χ4n) is 3.04. The lowest BCUT2D eigenvalue weighted by Gasteiger charge is -2.23. The maximum atomic E-state index is 4.85. The van der Waals surface area contributed by atoms with E-state index in [1.54, 1.807) is 0 Å². The van der Waals surface area contributed by atoms with E-state index < -0.39 is 0 Å². The lowest BCUT2D eigenvalue weighted by molar-refractivity contribution is 0.391. The molecule has 3 nitrogen and oxygen atoms in total. The zero-order chi connectivity index (χ0) is 12.5. The normalized spacial score (nSPS) is 20.4. The van der Waals surface area contributed by atoms with E-state index in [0.29, 0.717) is 6.04 Å². The van der Waals surface area contributed by atoms with E-state index in [9.17, 15) is 0 Å². The minimum atomic E-state index is 0.431. The summed E-state index contributed by atoms with van der Waals surface area (Å²) in [5.41, 5.74) is 3.84. The largest absolute Gasteiger partial charge is 0.330 e. The number of aryl methyl sites for hydroxylation is 2. The first-order valence-corrected chi connectivity index (χ1v) is 6.99. The fourth-order valence-corrected chi connectivity index (χ4v) is 3.04. The highest BCUT2D eigenvalue weighted by Gasteiger charge is 2.21. The zero-order valence-electron chi connectivity index (χ0n) is 11.2. The highest BCUT2D eigenvalue weighted by Crippen LogP contribution is 2.27. The number of nitrogens with zero attached hydrogens (tertiary/aromatic N) is 2. The molecule has 3 heteroatoms. The lowest BCUT2D eigenvalue weighted by atomic mass is 10.0. The number of hydrogen-bond donors (Lipinski definition) is 1. The van der Waals surface area contributed by atoms with Crippen molar-refractivity contribution in [2.24, 2.45) is 7.05 Å². The van der Waals surface area contributed by atoms with Crippen molar-refractivity contribution in [1.82, 2.24) is 14.9 Å². The van der Waals surface area contributed by atoms with Crippen LogP contribution >= 0.6 is 0 Å². The second-order valence-corrected chi connectivity index (χ2v) is 5.17. The zero-order valence-corrected chi connectivity index (χ0v) is 11.2. The van der Waals surface area contributed by atoms with Crippen LogP contribution in [0.25, 0.3) is 11.0 Å². The molecule has 0 amide bonds. The van der Waals surface area contributed by atoms with Gasteiger partial charge in [0, 0.05) is 7.05 Å². The Morgan fingerprint density at radius 1 is 1.39 bits per heavy atom. The maximum absolute atomic E-state index is 4.85. The van der Waals surface area contributed by atoms with Crippen LogP contribution < -0.4 is 5.32 Å². The highest BCUT2D eigenvalue weighted by molar-refractivity contribution is 5.79. The first kappa shape index (κ1) is 11.7. The molecule has 1 aliphatic heterocycles. The quantitative estimate of drug-likeness (QED) is 0.879. The van der Waals surface area contributed by atoms with Crippen LogP contribution in [-0.4, -0.2) is 16.1 Å². The summed E-state index contributed by atoms with van der Waals surface area (Å²) in [5.74, 6) is 1.20. The van der Waals surface area contributed by atoms with Crippen molar-refractivity contribution in [3.8, 4) is 0 Å². The van der Waals surface area contributed by atoms with Crippen LogP contribution in [0.5, 0.6) is 0 Å². The van der Waals surface area contributed by atoms with Crippen molar-refractivity contribution in [2.75, 3.05) is 6.54 Å². The van der Waals surface area contributed by atoms with Crippen LogP contribution in [0.4, 0.5) is 0 Å². The summed E-state index contributed by atoms with van der Waals surface area (Å²) in [7, 11) is 2.15. The summed E-state index contributed by atoms with van der Waals surface area (Å²) in [4.78, 5) is 4.85. The van der Waals surface area contributed by atoms with Crippen LogP contribution in [-0.2, 0) is 13.5 Å². The summed E-state index contributed by atoms with van der Waals surface area (Å²) < 4.78 is 2.29. The Morgan fingerprint density at radius 3 is 3.00 bits per heavy atom. The predicted molar refractivity (Wildman–Crippen MR) is 74.7 cm³/mol. The van der Waals surface area contributed by atoms with E-state index in [1.807, 2.05) is 0 Å². The molecule has 1 atom stereocenters. The van der Waals surface area contributed by atoms with Gasteiger partial charge in [0.25, 0.3) is 0 Å². The minimum Gasteiger partial charge on any atom is -0.330 e. The third-order valence-electron chi connectivity index (χ3n) is 4.02. The molecule has 1 saturated heterocycles. The van der Waals surface area contributed by atoms with Gasteiger partial charge in [0.1, 0.15) is 5.82 Å². The number of nitrogens with one attached hydrogen (secondary N) is 1. The van der Waals surface area contributed by atoms with Crippen molar-refractivity contribution in [2.45, 2.75) is 38.6 Å². The average molecular weight is 243 g/mol. The molecular formula is C15H21N3. The number of benzene rings is 1. The monoisotopic (exact) mass is 243 g/mol. The Morgan fingerprint density at radius 2 is 2.28 bits per heavy atom. The number of rotatable bonds is 2. The molecule has 1 N–H and O–H groups in total. The number of hydrogen-bond acceptors (Lipinski definition) is 2. The Kier molecular flexibility index (Phi) is 3.08. The number of imidazole rings is 1. The van der Waals surface area contributed by atoms with Crippen molar-refractivity contribution in [3.63, 3.8) is 0 Å². The maximum Gasteiger partial charge on any atom is 0.126 e. The van der Waals surface area contributed by atoms with Crippen LogP contribution in [0.1, 0.15) is 43.6 Å². The molecule has 2 heterocycles. The Labute approximate surface area is 108 Å². The standard InChI is InChI=1S/C15H21N3/c1-3-11-7-6-9-12-14(11)18(2)15(17-12)13-8-4-5-10-16-13/h6-7,9,13,16H,3-5,8,10H2,1-2H3. The molecule has 2 aromatic rings. The molecule has 0 saturated carbocycles. The Bertz CT molecular complexity index is 550. The molecule has 0 spiro atoms. The van der Waals surface area contributed by atoms with Crippen molar-refractivity contribution < 1.29 is 0 Å². The van der Waals surface area contributed by atoms with E-state index in [4.69, 9.17) is 4.98 Å². The molecule has 0 bridgehead atoms. The van der Waals surface area contributed by atoms with Gasteiger partial charge in [-0.3, -0.25) is 0 Å². The van der Waals surface area contributed by atoms with Gasteiger partial charge in [0.2, 0.25) is 0 Å².